The number of nitrogens with zero attached hydrogens (tertiary/aromatic N) is 5. The molecule has 2 fully saturated rings. The van der Waals surface area contributed by atoms with Crippen molar-refractivity contribution in [2.75, 3.05) is 68.0 Å². The average Bonchev–Trinajstić information content (AvgIpc) is 3.27. The Morgan fingerprint density at radius 1 is 1.06 bits per heavy atom. The van der Waals surface area contributed by atoms with Crippen molar-refractivity contribution in [3.63, 3.8) is 0 Å². The van der Waals surface area contributed by atoms with Gasteiger partial charge in [0.2, 0.25) is 11.0 Å². The summed E-state index contributed by atoms with van der Waals surface area (Å²) in [4.78, 5) is 18.3. The SMILES string of the molecule is O=C(CSc1nnc(N2CCOCC2)s1)N1CCN(c2cccc(C(F)(F)F)c2)CC1. The summed E-state index contributed by atoms with van der Waals surface area (Å²) in [6.07, 6.45) is -4.36. The van der Waals surface area contributed by atoms with Crippen molar-refractivity contribution in [1.82, 2.24) is 15.1 Å². The Morgan fingerprint density at radius 2 is 1.81 bits per heavy atom. The number of aromatic nitrogens is 2. The van der Waals surface area contributed by atoms with E-state index in [0.29, 0.717) is 45.1 Å². The fourth-order valence-corrected chi connectivity index (χ4v) is 5.25. The summed E-state index contributed by atoms with van der Waals surface area (Å²) in [5.74, 6) is 0.262. The second-order valence-electron chi connectivity index (χ2n) is 7.15. The third-order valence-electron chi connectivity index (χ3n) is 5.17. The third-order valence-corrected chi connectivity index (χ3v) is 7.27. The van der Waals surface area contributed by atoms with Crippen LogP contribution < -0.4 is 9.80 Å². The lowest BCUT2D eigenvalue weighted by Gasteiger charge is -2.36. The number of carbonyl (C=O) groups is 1. The molecule has 4 rings (SSSR count). The number of hydrogen-bond donors (Lipinski definition) is 0. The molecule has 2 aliphatic heterocycles. The fourth-order valence-electron chi connectivity index (χ4n) is 3.45. The van der Waals surface area contributed by atoms with Crippen LogP contribution in [0.3, 0.4) is 0 Å². The highest BCUT2D eigenvalue weighted by Gasteiger charge is 2.31. The van der Waals surface area contributed by atoms with Crippen molar-refractivity contribution in [3.8, 4) is 0 Å². The summed E-state index contributed by atoms with van der Waals surface area (Å²) in [5, 5.41) is 9.21. The predicted molar refractivity (Wildman–Crippen MR) is 114 cm³/mol. The Kier molecular flexibility index (Phi) is 6.87. The Bertz CT molecular complexity index is 897. The quantitative estimate of drug-likeness (QED) is 0.619. The third kappa shape index (κ3) is 5.60. The van der Waals surface area contributed by atoms with E-state index < -0.39 is 11.7 Å². The van der Waals surface area contributed by atoms with Gasteiger partial charge in [0.25, 0.3) is 0 Å². The molecule has 31 heavy (non-hydrogen) atoms. The number of rotatable bonds is 5. The minimum atomic E-state index is -4.36. The van der Waals surface area contributed by atoms with Crippen molar-refractivity contribution >= 4 is 39.8 Å². The predicted octanol–water partition coefficient (Wildman–Crippen LogP) is 2.83. The molecule has 1 amide bonds. The molecule has 0 N–H and O–H groups in total. The second-order valence-corrected chi connectivity index (χ2v) is 9.33. The van der Waals surface area contributed by atoms with Crippen LogP contribution in [-0.4, -0.2) is 79.2 Å². The van der Waals surface area contributed by atoms with Crippen LogP contribution >= 0.6 is 23.1 Å². The first-order chi connectivity index (χ1) is 14.9. The van der Waals surface area contributed by atoms with E-state index in [-0.39, 0.29) is 11.7 Å². The van der Waals surface area contributed by atoms with Gasteiger partial charge in [-0.3, -0.25) is 4.79 Å². The molecular weight excluding hydrogens is 451 g/mol. The van der Waals surface area contributed by atoms with Gasteiger partial charge in [-0.25, -0.2) is 0 Å². The summed E-state index contributed by atoms with van der Waals surface area (Å²) in [6.45, 7) is 4.87. The number of morpholine rings is 1. The lowest BCUT2D eigenvalue weighted by molar-refractivity contribution is -0.137. The van der Waals surface area contributed by atoms with Gasteiger partial charge < -0.3 is 19.4 Å². The van der Waals surface area contributed by atoms with Gasteiger partial charge in [-0.1, -0.05) is 29.2 Å². The van der Waals surface area contributed by atoms with Gasteiger partial charge in [-0.15, -0.1) is 10.2 Å². The fraction of sp³-hybridized carbons (Fsp3) is 0.526. The minimum absolute atomic E-state index is 0.00295. The summed E-state index contributed by atoms with van der Waals surface area (Å²) in [7, 11) is 0. The Morgan fingerprint density at radius 3 is 2.52 bits per heavy atom. The first kappa shape index (κ1) is 22.2. The van der Waals surface area contributed by atoms with Crippen molar-refractivity contribution in [2.45, 2.75) is 10.5 Å². The molecule has 0 aliphatic carbocycles. The molecule has 7 nitrogen and oxygen atoms in total. The molecule has 2 aliphatic rings. The summed E-state index contributed by atoms with van der Waals surface area (Å²) >= 11 is 2.84. The van der Waals surface area contributed by atoms with Gasteiger partial charge in [0, 0.05) is 45.0 Å². The van der Waals surface area contributed by atoms with E-state index in [0.717, 1.165) is 34.7 Å². The monoisotopic (exact) mass is 473 g/mol. The average molecular weight is 474 g/mol. The molecule has 0 bridgehead atoms. The minimum Gasteiger partial charge on any atom is -0.378 e. The van der Waals surface area contributed by atoms with Crippen LogP contribution in [0.5, 0.6) is 0 Å². The topological polar surface area (TPSA) is 61.8 Å². The van der Waals surface area contributed by atoms with Crippen molar-refractivity contribution in [2.24, 2.45) is 0 Å². The molecule has 168 valence electrons. The highest BCUT2D eigenvalue weighted by molar-refractivity contribution is 8.01. The van der Waals surface area contributed by atoms with Gasteiger partial charge >= 0.3 is 6.18 Å². The van der Waals surface area contributed by atoms with Crippen molar-refractivity contribution in [1.29, 1.82) is 0 Å². The van der Waals surface area contributed by atoms with Crippen LogP contribution in [0.25, 0.3) is 0 Å². The number of alkyl halides is 3. The number of hydrogen-bond acceptors (Lipinski definition) is 8. The molecule has 0 radical (unpaired) electrons. The number of amides is 1. The van der Waals surface area contributed by atoms with Gasteiger partial charge in [-0.2, -0.15) is 13.2 Å². The lowest BCUT2D eigenvalue weighted by atomic mass is 10.1. The van der Waals surface area contributed by atoms with Crippen LogP contribution in [0, 0.1) is 0 Å². The maximum absolute atomic E-state index is 12.9. The van der Waals surface area contributed by atoms with Gasteiger partial charge in [0.05, 0.1) is 24.5 Å². The van der Waals surface area contributed by atoms with E-state index in [9.17, 15) is 18.0 Å². The molecule has 0 spiro atoms. The number of thioether (sulfide) groups is 1. The number of benzene rings is 1. The Hall–Kier alpha value is -2.05. The van der Waals surface area contributed by atoms with Crippen molar-refractivity contribution in [3.05, 3.63) is 29.8 Å². The molecule has 0 saturated carbocycles. The largest absolute Gasteiger partial charge is 0.416 e. The summed E-state index contributed by atoms with van der Waals surface area (Å²) in [6, 6.07) is 5.32. The van der Waals surface area contributed by atoms with Crippen molar-refractivity contribution < 1.29 is 22.7 Å². The smallest absolute Gasteiger partial charge is 0.378 e. The molecule has 0 unspecified atom stereocenters. The number of halogens is 3. The van der Waals surface area contributed by atoms with E-state index in [1.54, 1.807) is 11.0 Å². The first-order valence-electron chi connectivity index (χ1n) is 9.89. The van der Waals surface area contributed by atoms with Gasteiger partial charge in [0.15, 0.2) is 4.34 Å². The molecule has 1 aromatic carbocycles. The first-order valence-corrected chi connectivity index (χ1v) is 11.7. The zero-order chi connectivity index (χ0) is 21.8. The highest BCUT2D eigenvalue weighted by atomic mass is 32.2. The van der Waals surface area contributed by atoms with Crippen LogP contribution in [-0.2, 0) is 15.7 Å². The molecular formula is C19H22F3N5O2S2. The van der Waals surface area contributed by atoms with Crippen LogP contribution in [0.2, 0.25) is 0 Å². The molecule has 1 aromatic heterocycles. The zero-order valence-electron chi connectivity index (χ0n) is 16.7. The summed E-state index contributed by atoms with van der Waals surface area (Å²) in [5.41, 5.74) is -0.130. The maximum atomic E-state index is 12.9. The number of anilines is 2. The maximum Gasteiger partial charge on any atom is 0.416 e. The molecule has 2 aromatic rings. The normalized spacial score (nSPS) is 17.8. The van der Waals surface area contributed by atoms with E-state index in [1.807, 2.05) is 4.90 Å². The van der Waals surface area contributed by atoms with E-state index in [2.05, 4.69) is 15.1 Å². The number of carbonyl (C=O) groups excluding carboxylic acids is 1. The van der Waals surface area contributed by atoms with Gasteiger partial charge in [0.1, 0.15) is 0 Å². The Labute approximate surface area is 186 Å². The van der Waals surface area contributed by atoms with Crippen LogP contribution in [0.1, 0.15) is 5.56 Å². The highest BCUT2D eigenvalue weighted by Crippen LogP contribution is 2.32. The standard InChI is InChI=1S/C19H22F3N5O2S2/c20-19(21,22)14-2-1-3-15(12-14)25-4-6-26(7-5-25)16(28)13-30-18-24-23-17(31-18)27-8-10-29-11-9-27/h1-3,12H,4-11,13H2. The molecule has 3 heterocycles. The van der Waals surface area contributed by atoms with E-state index in [1.165, 1.54) is 29.2 Å². The zero-order valence-corrected chi connectivity index (χ0v) is 18.3. The molecule has 2 saturated heterocycles. The Balaban J connectivity index is 1.26. The second kappa shape index (κ2) is 9.61. The van der Waals surface area contributed by atoms with Crippen LogP contribution in [0.15, 0.2) is 28.6 Å². The molecule has 0 atom stereocenters. The summed E-state index contributed by atoms with van der Waals surface area (Å²) < 4.78 is 44.9. The van der Waals surface area contributed by atoms with E-state index in [4.69, 9.17) is 4.74 Å². The van der Waals surface area contributed by atoms with Crippen LogP contribution in [0.4, 0.5) is 24.0 Å². The van der Waals surface area contributed by atoms with E-state index >= 15 is 0 Å². The lowest BCUT2D eigenvalue weighted by Crippen LogP contribution is -2.49. The molecule has 12 heteroatoms. The van der Waals surface area contributed by atoms with Gasteiger partial charge in [-0.05, 0) is 18.2 Å². The number of ether oxygens (including phenoxy) is 1. The number of piperazine rings is 1.